The summed E-state index contributed by atoms with van der Waals surface area (Å²) in [4.78, 5) is 0. The van der Waals surface area contributed by atoms with E-state index < -0.39 is 10.0 Å². The molecule has 11 heavy (non-hydrogen) atoms. The molecular weight excluding hydrogens is 162 g/mol. The second-order valence-electron chi connectivity index (χ2n) is 2.60. The van der Waals surface area contributed by atoms with Gasteiger partial charge in [-0.05, 0) is 6.42 Å². The van der Waals surface area contributed by atoms with Crippen LogP contribution in [0.25, 0.3) is 0 Å². The summed E-state index contributed by atoms with van der Waals surface area (Å²) in [6.45, 7) is 2.99. The van der Waals surface area contributed by atoms with Crippen molar-refractivity contribution in [2.45, 2.75) is 13.3 Å². The van der Waals surface area contributed by atoms with Crippen LogP contribution in [0.5, 0.6) is 0 Å². The van der Waals surface area contributed by atoms with Crippen molar-refractivity contribution >= 4 is 10.0 Å². The maximum atomic E-state index is 11.3. The molecule has 0 aromatic heterocycles. The van der Waals surface area contributed by atoms with Crippen molar-refractivity contribution < 1.29 is 8.42 Å². The standard InChI is InChI=1S/C7H13NO2S/c1-2-7-11(9,10)8-5-3-4-6-8/h3-4H,2,5-7H2,1H3. The first-order chi connectivity index (χ1) is 5.17. The van der Waals surface area contributed by atoms with E-state index in [0.717, 1.165) is 0 Å². The molecule has 0 amide bonds. The molecule has 0 aliphatic carbocycles. The van der Waals surface area contributed by atoms with Gasteiger partial charge in [0.25, 0.3) is 0 Å². The predicted octanol–water partition coefficient (Wildman–Crippen LogP) is 0.598. The molecule has 0 saturated carbocycles. The number of rotatable bonds is 3. The van der Waals surface area contributed by atoms with Crippen LogP contribution in [-0.4, -0.2) is 31.6 Å². The van der Waals surface area contributed by atoms with E-state index in [1.54, 1.807) is 0 Å². The molecule has 0 bridgehead atoms. The van der Waals surface area contributed by atoms with Gasteiger partial charge in [-0.2, -0.15) is 4.31 Å². The molecule has 4 heteroatoms. The molecule has 0 saturated heterocycles. The maximum Gasteiger partial charge on any atom is 0.214 e. The highest BCUT2D eigenvalue weighted by Gasteiger charge is 2.20. The first-order valence-corrected chi connectivity index (χ1v) is 5.40. The lowest BCUT2D eigenvalue weighted by atomic mass is 10.6. The minimum absolute atomic E-state index is 0.272. The molecule has 64 valence electrons. The summed E-state index contributed by atoms with van der Waals surface area (Å²) < 4.78 is 24.1. The van der Waals surface area contributed by atoms with Crippen molar-refractivity contribution in [2.75, 3.05) is 18.8 Å². The summed E-state index contributed by atoms with van der Waals surface area (Å²) in [5.41, 5.74) is 0. The fourth-order valence-electron chi connectivity index (χ4n) is 1.07. The van der Waals surface area contributed by atoms with E-state index in [1.807, 2.05) is 19.1 Å². The van der Waals surface area contributed by atoms with Crippen molar-refractivity contribution in [2.24, 2.45) is 0 Å². The van der Waals surface area contributed by atoms with Gasteiger partial charge in [-0.3, -0.25) is 0 Å². The summed E-state index contributed by atoms with van der Waals surface area (Å²) in [5.74, 6) is 0.272. The Morgan fingerprint density at radius 3 is 2.36 bits per heavy atom. The van der Waals surface area contributed by atoms with E-state index in [9.17, 15) is 8.42 Å². The molecule has 1 rings (SSSR count). The Hall–Kier alpha value is -0.350. The highest BCUT2D eigenvalue weighted by molar-refractivity contribution is 7.89. The van der Waals surface area contributed by atoms with Crippen LogP contribution in [0.3, 0.4) is 0 Å². The number of hydrogen-bond acceptors (Lipinski definition) is 2. The molecule has 1 aliphatic heterocycles. The molecule has 0 aromatic carbocycles. The minimum atomic E-state index is -2.94. The van der Waals surface area contributed by atoms with Gasteiger partial charge in [0.15, 0.2) is 0 Å². The average molecular weight is 175 g/mol. The SMILES string of the molecule is CCCS(=O)(=O)N1CC=CC1. The lowest BCUT2D eigenvalue weighted by molar-refractivity contribution is 0.487. The molecule has 0 atom stereocenters. The van der Waals surface area contributed by atoms with Crippen LogP contribution in [0.4, 0.5) is 0 Å². The summed E-state index contributed by atoms with van der Waals surface area (Å²) in [7, 11) is -2.94. The Balaban J connectivity index is 2.58. The van der Waals surface area contributed by atoms with Gasteiger partial charge in [0.2, 0.25) is 10.0 Å². The van der Waals surface area contributed by atoms with Crippen LogP contribution in [-0.2, 0) is 10.0 Å². The van der Waals surface area contributed by atoms with Gasteiger partial charge < -0.3 is 0 Å². The molecule has 3 nitrogen and oxygen atoms in total. The highest BCUT2D eigenvalue weighted by Crippen LogP contribution is 2.07. The largest absolute Gasteiger partial charge is 0.214 e. The van der Waals surface area contributed by atoms with Gasteiger partial charge >= 0.3 is 0 Å². The van der Waals surface area contributed by atoms with Gasteiger partial charge in [-0.25, -0.2) is 8.42 Å². The lowest BCUT2D eigenvalue weighted by Gasteiger charge is -2.13. The Labute approximate surface area is 67.8 Å². The van der Waals surface area contributed by atoms with Crippen molar-refractivity contribution in [1.82, 2.24) is 4.31 Å². The van der Waals surface area contributed by atoms with Gasteiger partial charge in [0, 0.05) is 13.1 Å². The third-order valence-corrected chi connectivity index (χ3v) is 3.65. The molecule has 0 fully saturated rings. The van der Waals surface area contributed by atoms with E-state index in [-0.39, 0.29) is 5.75 Å². The van der Waals surface area contributed by atoms with E-state index in [4.69, 9.17) is 0 Å². The molecule has 0 spiro atoms. The van der Waals surface area contributed by atoms with E-state index >= 15 is 0 Å². The summed E-state index contributed by atoms with van der Waals surface area (Å²) in [6, 6.07) is 0. The van der Waals surface area contributed by atoms with Crippen molar-refractivity contribution in [3.05, 3.63) is 12.2 Å². The van der Waals surface area contributed by atoms with Crippen LogP contribution in [0.2, 0.25) is 0 Å². The first kappa shape index (κ1) is 8.74. The third kappa shape index (κ3) is 2.04. The topological polar surface area (TPSA) is 37.4 Å². The smallest absolute Gasteiger partial charge is 0.212 e. The normalized spacial score (nSPS) is 19.4. The molecule has 0 N–H and O–H groups in total. The summed E-state index contributed by atoms with van der Waals surface area (Å²) in [5, 5.41) is 0. The molecular formula is C7H13NO2S. The van der Waals surface area contributed by atoms with Gasteiger partial charge in [-0.1, -0.05) is 19.1 Å². The maximum absolute atomic E-state index is 11.3. The number of hydrogen-bond donors (Lipinski definition) is 0. The third-order valence-electron chi connectivity index (χ3n) is 1.64. The van der Waals surface area contributed by atoms with Gasteiger partial charge in [0.05, 0.1) is 5.75 Å². The minimum Gasteiger partial charge on any atom is -0.212 e. The van der Waals surface area contributed by atoms with Crippen molar-refractivity contribution in [1.29, 1.82) is 0 Å². The predicted molar refractivity (Wildman–Crippen MR) is 44.8 cm³/mol. The second kappa shape index (κ2) is 3.36. The van der Waals surface area contributed by atoms with Crippen LogP contribution < -0.4 is 0 Å². The quantitative estimate of drug-likeness (QED) is 0.589. The van der Waals surface area contributed by atoms with E-state index in [2.05, 4.69) is 0 Å². The zero-order valence-corrected chi connectivity index (χ0v) is 7.47. The molecule has 1 aliphatic rings. The second-order valence-corrected chi connectivity index (χ2v) is 4.69. The van der Waals surface area contributed by atoms with Crippen LogP contribution in [0, 0.1) is 0 Å². The average Bonchev–Trinajstić information content (AvgIpc) is 2.37. The number of nitrogens with zero attached hydrogens (tertiary/aromatic N) is 1. The summed E-state index contributed by atoms with van der Waals surface area (Å²) >= 11 is 0. The monoisotopic (exact) mass is 175 g/mol. The lowest BCUT2D eigenvalue weighted by Crippen LogP contribution is -2.30. The molecule has 0 aromatic rings. The Bertz CT molecular complexity index is 235. The zero-order chi connectivity index (χ0) is 8.32. The Morgan fingerprint density at radius 2 is 1.91 bits per heavy atom. The van der Waals surface area contributed by atoms with Crippen LogP contribution >= 0.6 is 0 Å². The highest BCUT2D eigenvalue weighted by atomic mass is 32.2. The van der Waals surface area contributed by atoms with Crippen LogP contribution in [0.1, 0.15) is 13.3 Å². The number of sulfonamides is 1. The fraction of sp³-hybridized carbons (Fsp3) is 0.714. The summed E-state index contributed by atoms with van der Waals surface area (Å²) in [6.07, 6.45) is 4.46. The molecule has 1 heterocycles. The van der Waals surface area contributed by atoms with Crippen molar-refractivity contribution in [3.63, 3.8) is 0 Å². The molecule has 0 radical (unpaired) electrons. The van der Waals surface area contributed by atoms with Gasteiger partial charge in [-0.15, -0.1) is 0 Å². The fourth-order valence-corrected chi connectivity index (χ4v) is 2.47. The zero-order valence-electron chi connectivity index (χ0n) is 6.66. The van der Waals surface area contributed by atoms with Crippen molar-refractivity contribution in [3.8, 4) is 0 Å². The first-order valence-electron chi connectivity index (χ1n) is 3.79. The van der Waals surface area contributed by atoms with E-state index in [1.165, 1.54) is 4.31 Å². The van der Waals surface area contributed by atoms with E-state index in [0.29, 0.717) is 19.5 Å². The molecule has 0 unspecified atom stereocenters. The Morgan fingerprint density at radius 1 is 1.36 bits per heavy atom. The van der Waals surface area contributed by atoms with Crippen LogP contribution in [0.15, 0.2) is 12.2 Å². The van der Waals surface area contributed by atoms with Gasteiger partial charge in [0.1, 0.15) is 0 Å². The Kier molecular flexibility index (Phi) is 2.67.